The first-order chi connectivity index (χ1) is 12.0. The van der Waals surface area contributed by atoms with E-state index in [9.17, 15) is 18.7 Å². The summed E-state index contributed by atoms with van der Waals surface area (Å²) in [6.07, 6.45) is 1.08. The van der Waals surface area contributed by atoms with Gasteiger partial charge >= 0.3 is 0 Å². The highest BCUT2D eigenvalue weighted by molar-refractivity contribution is 5.76. The minimum Gasteiger partial charge on any atom is -0.391 e. The zero-order valence-electron chi connectivity index (χ0n) is 14.2. The molecular weight excluding hydrogens is 324 g/mol. The van der Waals surface area contributed by atoms with E-state index in [2.05, 4.69) is 5.32 Å². The fourth-order valence-corrected chi connectivity index (χ4v) is 2.60. The molecule has 0 saturated carbocycles. The van der Waals surface area contributed by atoms with Crippen molar-refractivity contribution < 1.29 is 18.7 Å². The lowest BCUT2D eigenvalue weighted by molar-refractivity contribution is -0.122. The predicted molar refractivity (Wildman–Crippen MR) is 93.1 cm³/mol. The number of carbonyl (C=O) groups excluding carboxylic acids is 1. The van der Waals surface area contributed by atoms with Gasteiger partial charge < -0.3 is 10.4 Å². The second-order valence-corrected chi connectivity index (χ2v) is 6.22. The summed E-state index contributed by atoms with van der Waals surface area (Å²) in [6, 6.07) is 13.0. The van der Waals surface area contributed by atoms with Gasteiger partial charge in [-0.3, -0.25) is 4.79 Å². The number of hydrogen-bond acceptors (Lipinski definition) is 2. The first kappa shape index (κ1) is 19.1. The number of nitrogens with one attached hydrogen (secondary N) is 1. The lowest BCUT2D eigenvalue weighted by atomic mass is 10.0. The average molecular weight is 347 g/mol. The number of carbonyl (C=O) groups is 1. The number of aliphatic hydroxyl groups excluding tert-OH is 1. The van der Waals surface area contributed by atoms with Crippen molar-refractivity contribution in [1.82, 2.24) is 5.32 Å². The molecule has 25 heavy (non-hydrogen) atoms. The van der Waals surface area contributed by atoms with Crippen LogP contribution in [0.25, 0.3) is 0 Å². The number of aliphatic hydroxyl groups is 1. The molecule has 134 valence electrons. The van der Waals surface area contributed by atoms with Crippen LogP contribution < -0.4 is 5.32 Å². The Morgan fingerprint density at radius 2 is 1.80 bits per heavy atom. The summed E-state index contributed by atoms with van der Waals surface area (Å²) >= 11 is 0. The molecule has 2 unspecified atom stereocenters. The van der Waals surface area contributed by atoms with E-state index in [1.54, 1.807) is 6.92 Å². The minimum absolute atomic E-state index is 0.165. The van der Waals surface area contributed by atoms with Gasteiger partial charge in [0.05, 0.1) is 12.1 Å². The molecule has 2 aromatic carbocycles. The van der Waals surface area contributed by atoms with Crippen LogP contribution in [0.4, 0.5) is 8.78 Å². The van der Waals surface area contributed by atoms with Crippen molar-refractivity contribution in [1.29, 1.82) is 0 Å². The maximum Gasteiger partial charge on any atom is 0.220 e. The Morgan fingerprint density at radius 1 is 1.08 bits per heavy atom. The Bertz CT molecular complexity index is 691. The van der Waals surface area contributed by atoms with Gasteiger partial charge in [-0.25, -0.2) is 8.78 Å². The second-order valence-electron chi connectivity index (χ2n) is 6.22. The number of aryl methyl sites for hydroxylation is 1. The van der Waals surface area contributed by atoms with Crippen LogP contribution in [0, 0.1) is 11.6 Å². The van der Waals surface area contributed by atoms with Crippen molar-refractivity contribution in [3.8, 4) is 0 Å². The number of hydrogen-bond donors (Lipinski definition) is 2. The molecular formula is C20H23F2NO2. The van der Waals surface area contributed by atoms with Crippen LogP contribution in [-0.4, -0.2) is 23.2 Å². The van der Waals surface area contributed by atoms with Crippen molar-refractivity contribution in [3.05, 3.63) is 71.3 Å². The molecule has 0 radical (unpaired) electrons. The van der Waals surface area contributed by atoms with Crippen LogP contribution in [-0.2, 0) is 17.6 Å². The van der Waals surface area contributed by atoms with E-state index in [-0.39, 0.29) is 18.4 Å². The predicted octanol–water partition coefficient (Wildman–Crippen LogP) is 3.40. The average Bonchev–Trinajstić information content (AvgIpc) is 2.59. The highest BCUT2D eigenvalue weighted by Gasteiger charge is 2.16. The van der Waals surface area contributed by atoms with Crippen LogP contribution >= 0.6 is 0 Å². The summed E-state index contributed by atoms with van der Waals surface area (Å²) < 4.78 is 26.0. The standard InChI is InChI=1S/C20H23F2NO2/c1-14(19(24)13-15-6-3-2-4-7-15)23-20(25)9-5-8-16-10-11-17(21)18(22)12-16/h2-4,6-7,10-12,14,19,24H,5,8-9,13H2,1H3,(H,23,25). The van der Waals surface area contributed by atoms with E-state index in [0.29, 0.717) is 24.8 Å². The molecule has 0 saturated heterocycles. The summed E-state index contributed by atoms with van der Waals surface area (Å²) in [5.41, 5.74) is 1.67. The molecule has 0 aromatic heterocycles. The molecule has 1 amide bonds. The third-order valence-corrected chi connectivity index (χ3v) is 4.11. The van der Waals surface area contributed by atoms with Crippen molar-refractivity contribution >= 4 is 5.91 Å². The maximum absolute atomic E-state index is 13.1. The van der Waals surface area contributed by atoms with Crippen molar-refractivity contribution in [2.24, 2.45) is 0 Å². The van der Waals surface area contributed by atoms with Gasteiger partial charge in [-0.15, -0.1) is 0 Å². The quantitative estimate of drug-likeness (QED) is 0.769. The number of amides is 1. The molecule has 0 aliphatic rings. The summed E-state index contributed by atoms with van der Waals surface area (Å²) in [7, 11) is 0. The SMILES string of the molecule is CC(NC(=O)CCCc1ccc(F)c(F)c1)C(O)Cc1ccccc1. The van der Waals surface area contributed by atoms with Crippen LogP contribution in [0.5, 0.6) is 0 Å². The number of rotatable bonds is 8. The van der Waals surface area contributed by atoms with Gasteiger partial charge in [0.2, 0.25) is 5.91 Å². The Morgan fingerprint density at radius 3 is 2.48 bits per heavy atom. The van der Waals surface area contributed by atoms with Gasteiger partial charge in [0.15, 0.2) is 11.6 Å². The van der Waals surface area contributed by atoms with E-state index in [1.165, 1.54) is 6.07 Å². The second kappa shape index (κ2) is 9.28. The van der Waals surface area contributed by atoms with Crippen LogP contribution in [0.3, 0.4) is 0 Å². The van der Waals surface area contributed by atoms with Gasteiger partial charge in [-0.05, 0) is 43.0 Å². The third-order valence-electron chi connectivity index (χ3n) is 4.11. The van der Waals surface area contributed by atoms with Crippen molar-refractivity contribution in [2.45, 2.75) is 44.8 Å². The van der Waals surface area contributed by atoms with Gasteiger partial charge in [0.25, 0.3) is 0 Å². The van der Waals surface area contributed by atoms with Gasteiger partial charge in [0, 0.05) is 12.8 Å². The Labute approximate surface area is 146 Å². The zero-order valence-corrected chi connectivity index (χ0v) is 14.2. The summed E-state index contributed by atoms with van der Waals surface area (Å²) in [4.78, 5) is 12.0. The lowest BCUT2D eigenvalue weighted by Gasteiger charge is -2.20. The molecule has 0 aliphatic heterocycles. The van der Waals surface area contributed by atoms with E-state index >= 15 is 0 Å². The maximum atomic E-state index is 13.1. The molecule has 2 N–H and O–H groups in total. The molecule has 0 aliphatic carbocycles. The minimum atomic E-state index is -0.875. The first-order valence-electron chi connectivity index (χ1n) is 8.41. The Balaban J connectivity index is 1.72. The van der Waals surface area contributed by atoms with E-state index in [4.69, 9.17) is 0 Å². The summed E-state index contributed by atoms with van der Waals surface area (Å²) in [5.74, 6) is -1.91. The molecule has 0 bridgehead atoms. The summed E-state index contributed by atoms with van der Waals surface area (Å²) in [6.45, 7) is 1.76. The van der Waals surface area contributed by atoms with Crippen molar-refractivity contribution in [3.63, 3.8) is 0 Å². The smallest absolute Gasteiger partial charge is 0.220 e. The topological polar surface area (TPSA) is 49.3 Å². The zero-order chi connectivity index (χ0) is 18.2. The van der Waals surface area contributed by atoms with Crippen LogP contribution in [0.1, 0.15) is 30.9 Å². The third kappa shape index (κ3) is 6.27. The van der Waals surface area contributed by atoms with Crippen LogP contribution in [0.2, 0.25) is 0 Å². The monoisotopic (exact) mass is 347 g/mol. The van der Waals surface area contributed by atoms with E-state index < -0.39 is 17.7 Å². The van der Waals surface area contributed by atoms with Gasteiger partial charge in [-0.1, -0.05) is 36.4 Å². The summed E-state index contributed by atoms with van der Waals surface area (Å²) in [5, 5.41) is 13.0. The molecule has 2 atom stereocenters. The van der Waals surface area contributed by atoms with Crippen molar-refractivity contribution in [2.75, 3.05) is 0 Å². The molecule has 0 heterocycles. The lowest BCUT2D eigenvalue weighted by Crippen LogP contribution is -2.42. The molecule has 3 nitrogen and oxygen atoms in total. The highest BCUT2D eigenvalue weighted by atomic mass is 19.2. The van der Waals surface area contributed by atoms with Gasteiger partial charge in [0.1, 0.15) is 0 Å². The van der Waals surface area contributed by atoms with E-state index in [0.717, 1.165) is 17.7 Å². The Hall–Kier alpha value is -2.27. The molecule has 0 spiro atoms. The van der Waals surface area contributed by atoms with Crippen LogP contribution in [0.15, 0.2) is 48.5 Å². The van der Waals surface area contributed by atoms with E-state index in [1.807, 2.05) is 30.3 Å². The Kier molecular flexibility index (Phi) is 7.07. The largest absolute Gasteiger partial charge is 0.391 e. The normalized spacial score (nSPS) is 13.3. The molecule has 2 aromatic rings. The fraction of sp³-hybridized carbons (Fsp3) is 0.350. The fourth-order valence-electron chi connectivity index (χ4n) is 2.60. The molecule has 5 heteroatoms. The number of halogens is 2. The molecule has 0 fully saturated rings. The number of benzene rings is 2. The van der Waals surface area contributed by atoms with Gasteiger partial charge in [-0.2, -0.15) is 0 Å². The highest BCUT2D eigenvalue weighted by Crippen LogP contribution is 2.11. The molecule has 2 rings (SSSR count). The first-order valence-corrected chi connectivity index (χ1v) is 8.41.